The summed E-state index contributed by atoms with van der Waals surface area (Å²) in [5.41, 5.74) is 0. The molecule has 0 saturated heterocycles. The minimum atomic E-state index is -1.44. The first-order chi connectivity index (χ1) is 8.88. The zero-order valence-corrected chi connectivity index (χ0v) is 11.9. The van der Waals surface area contributed by atoms with Gasteiger partial charge in [0.25, 0.3) is 0 Å². The van der Waals surface area contributed by atoms with Crippen LogP contribution in [0.3, 0.4) is 0 Å². The molecule has 0 radical (unpaired) electrons. The largest absolute Gasteiger partial charge is 0.481 e. The molecule has 8 heteroatoms. The number of halogens is 1. The molecule has 6 nitrogen and oxygen atoms in total. The van der Waals surface area contributed by atoms with Crippen LogP contribution in [0.4, 0.5) is 0 Å². The van der Waals surface area contributed by atoms with Crippen LogP contribution in [0.15, 0.2) is 22.0 Å². The van der Waals surface area contributed by atoms with E-state index >= 15 is 0 Å². The van der Waals surface area contributed by atoms with Gasteiger partial charge in [0.2, 0.25) is 5.91 Å². The molecule has 0 spiro atoms. The first-order valence-corrected chi connectivity index (χ1v) is 6.68. The molecular formula is C11H10BrNO5S. The van der Waals surface area contributed by atoms with Crippen molar-refractivity contribution in [2.24, 2.45) is 0 Å². The Hall–Kier alpha value is -1.67. The van der Waals surface area contributed by atoms with E-state index in [0.29, 0.717) is 0 Å². The van der Waals surface area contributed by atoms with Gasteiger partial charge in [0.1, 0.15) is 6.04 Å². The second kappa shape index (κ2) is 7.05. The molecule has 1 amide bonds. The molecule has 1 aromatic heterocycles. The van der Waals surface area contributed by atoms with Crippen LogP contribution in [0.5, 0.6) is 0 Å². The van der Waals surface area contributed by atoms with Gasteiger partial charge in [-0.25, -0.2) is 4.79 Å². The number of thiophene rings is 1. The lowest BCUT2D eigenvalue weighted by Crippen LogP contribution is -2.41. The molecule has 1 aromatic rings. The molecule has 0 saturated carbocycles. The third kappa shape index (κ3) is 5.66. The van der Waals surface area contributed by atoms with Crippen LogP contribution in [0.25, 0.3) is 6.08 Å². The molecule has 1 unspecified atom stereocenters. The number of hydrogen-bond acceptors (Lipinski definition) is 4. The number of aliphatic carboxylic acids is 2. The highest BCUT2D eigenvalue weighted by atomic mass is 79.9. The molecule has 1 rings (SSSR count). The lowest BCUT2D eigenvalue weighted by molar-refractivity contribution is -0.146. The van der Waals surface area contributed by atoms with Gasteiger partial charge in [-0.2, -0.15) is 0 Å². The second-order valence-electron chi connectivity index (χ2n) is 3.47. The highest BCUT2D eigenvalue weighted by Crippen LogP contribution is 2.22. The molecule has 1 atom stereocenters. The number of amides is 1. The van der Waals surface area contributed by atoms with Crippen LogP contribution in [-0.2, 0) is 14.4 Å². The summed E-state index contributed by atoms with van der Waals surface area (Å²) in [7, 11) is 0. The second-order valence-corrected chi connectivity index (χ2v) is 5.97. The molecule has 0 aromatic carbocycles. The molecule has 1 heterocycles. The Morgan fingerprint density at radius 2 is 2.05 bits per heavy atom. The highest BCUT2D eigenvalue weighted by Gasteiger charge is 2.21. The van der Waals surface area contributed by atoms with E-state index in [-0.39, 0.29) is 0 Å². The third-order valence-corrected chi connectivity index (χ3v) is 3.58. The molecule has 102 valence electrons. The normalized spacial score (nSPS) is 12.3. The van der Waals surface area contributed by atoms with E-state index in [1.54, 1.807) is 6.07 Å². The Labute approximate surface area is 120 Å². The van der Waals surface area contributed by atoms with Crippen molar-refractivity contribution in [1.82, 2.24) is 5.32 Å². The molecule has 0 aliphatic rings. The summed E-state index contributed by atoms with van der Waals surface area (Å²) in [6.45, 7) is 0. The van der Waals surface area contributed by atoms with E-state index in [2.05, 4.69) is 21.2 Å². The monoisotopic (exact) mass is 347 g/mol. The first kappa shape index (κ1) is 15.4. The number of hydrogen-bond donors (Lipinski definition) is 3. The molecule has 0 bridgehead atoms. The minimum Gasteiger partial charge on any atom is -0.481 e. The van der Waals surface area contributed by atoms with E-state index in [4.69, 9.17) is 10.2 Å². The fourth-order valence-corrected chi connectivity index (χ4v) is 2.50. The summed E-state index contributed by atoms with van der Waals surface area (Å²) < 4.78 is 0.904. The summed E-state index contributed by atoms with van der Waals surface area (Å²) in [6.07, 6.45) is 2.01. The van der Waals surface area contributed by atoms with Crippen LogP contribution in [0.1, 0.15) is 11.3 Å². The van der Waals surface area contributed by atoms with E-state index in [0.717, 1.165) is 14.7 Å². The van der Waals surface area contributed by atoms with Gasteiger partial charge in [-0.15, -0.1) is 11.3 Å². The SMILES string of the molecule is O=C(O)CC(NC(=O)/C=C/c1ccc(Br)s1)C(=O)O. The van der Waals surface area contributed by atoms with Crippen LogP contribution in [0.2, 0.25) is 0 Å². The van der Waals surface area contributed by atoms with Gasteiger partial charge in [-0.3, -0.25) is 9.59 Å². The van der Waals surface area contributed by atoms with Gasteiger partial charge in [0, 0.05) is 11.0 Å². The van der Waals surface area contributed by atoms with Crippen molar-refractivity contribution in [2.75, 3.05) is 0 Å². The molecule has 0 fully saturated rings. The number of rotatable bonds is 6. The van der Waals surface area contributed by atoms with E-state index in [1.165, 1.54) is 17.4 Å². The average molecular weight is 348 g/mol. The van der Waals surface area contributed by atoms with Gasteiger partial charge in [-0.05, 0) is 34.1 Å². The fraction of sp³-hybridized carbons (Fsp3) is 0.182. The number of nitrogens with one attached hydrogen (secondary N) is 1. The first-order valence-electron chi connectivity index (χ1n) is 5.07. The summed E-state index contributed by atoms with van der Waals surface area (Å²) in [6, 6.07) is 2.15. The Kier molecular flexibility index (Phi) is 5.71. The van der Waals surface area contributed by atoms with Crippen molar-refractivity contribution in [3.63, 3.8) is 0 Å². The topological polar surface area (TPSA) is 104 Å². The quantitative estimate of drug-likeness (QED) is 0.677. The van der Waals surface area contributed by atoms with Crippen molar-refractivity contribution in [2.45, 2.75) is 12.5 Å². The zero-order chi connectivity index (χ0) is 14.4. The predicted molar refractivity (Wildman–Crippen MR) is 72.9 cm³/mol. The van der Waals surface area contributed by atoms with Crippen LogP contribution in [-0.4, -0.2) is 34.1 Å². The summed E-state index contributed by atoms with van der Waals surface area (Å²) in [4.78, 5) is 33.5. The van der Waals surface area contributed by atoms with Crippen LogP contribution >= 0.6 is 27.3 Å². The van der Waals surface area contributed by atoms with Crippen molar-refractivity contribution < 1.29 is 24.6 Å². The Balaban J connectivity index is 2.60. The van der Waals surface area contributed by atoms with Crippen molar-refractivity contribution in [3.8, 4) is 0 Å². The van der Waals surface area contributed by atoms with E-state index in [9.17, 15) is 14.4 Å². The Morgan fingerprint density at radius 1 is 1.37 bits per heavy atom. The lowest BCUT2D eigenvalue weighted by atomic mass is 10.2. The van der Waals surface area contributed by atoms with Gasteiger partial charge in [-0.1, -0.05) is 0 Å². The maximum Gasteiger partial charge on any atom is 0.326 e. The standard InChI is InChI=1S/C11H10BrNO5S/c12-8-3-1-6(19-8)2-4-9(14)13-7(11(17)18)5-10(15)16/h1-4,7H,5H2,(H,13,14)(H,15,16)(H,17,18)/b4-2+. The molecule has 3 N–H and O–H groups in total. The molecular weight excluding hydrogens is 338 g/mol. The van der Waals surface area contributed by atoms with Crippen molar-refractivity contribution >= 4 is 51.2 Å². The average Bonchev–Trinajstić information content (AvgIpc) is 2.71. The summed E-state index contributed by atoms with van der Waals surface area (Å²) in [5, 5.41) is 19.4. The molecule has 0 aliphatic carbocycles. The number of carbonyl (C=O) groups excluding carboxylic acids is 1. The van der Waals surface area contributed by atoms with Crippen molar-refractivity contribution in [1.29, 1.82) is 0 Å². The maximum atomic E-state index is 11.5. The lowest BCUT2D eigenvalue weighted by Gasteiger charge is -2.10. The molecule has 0 aliphatic heterocycles. The van der Waals surface area contributed by atoms with Gasteiger partial charge in [0.15, 0.2) is 0 Å². The Morgan fingerprint density at radius 3 is 2.53 bits per heavy atom. The fourth-order valence-electron chi connectivity index (χ4n) is 1.17. The number of carbonyl (C=O) groups is 3. The van der Waals surface area contributed by atoms with Gasteiger partial charge < -0.3 is 15.5 Å². The van der Waals surface area contributed by atoms with Crippen molar-refractivity contribution in [3.05, 3.63) is 26.9 Å². The van der Waals surface area contributed by atoms with E-state index < -0.39 is 30.3 Å². The predicted octanol–water partition coefficient (Wildman–Crippen LogP) is 1.57. The van der Waals surface area contributed by atoms with Gasteiger partial charge >= 0.3 is 11.9 Å². The Bertz CT molecular complexity index is 525. The summed E-state index contributed by atoms with van der Waals surface area (Å²) in [5.74, 6) is -3.33. The van der Waals surface area contributed by atoms with Gasteiger partial charge in [0.05, 0.1) is 10.2 Å². The van der Waals surface area contributed by atoms with Crippen LogP contribution < -0.4 is 5.32 Å². The zero-order valence-electron chi connectivity index (χ0n) is 9.50. The van der Waals surface area contributed by atoms with E-state index in [1.807, 2.05) is 6.07 Å². The minimum absolute atomic E-state index is 0.654. The van der Waals surface area contributed by atoms with Crippen LogP contribution in [0, 0.1) is 0 Å². The summed E-state index contributed by atoms with van der Waals surface area (Å²) >= 11 is 4.67. The smallest absolute Gasteiger partial charge is 0.326 e. The highest BCUT2D eigenvalue weighted by molar-refractivity contribution is 9.11. The maximum absolute atomic E-state index is 11.5. The molecule has 19 heavy (non-hydrogen) atoms. The number of carboxylic acid groups (broad SMARTS) is 2. The third-order valence-electron chi connectivity index (χ3n) is 1.99. The number of carboxylic acids is 2.